The van der Waals surface area contributed by atoms with E-state index in [1.54, 1.807) is 56.4 Å². The Labute approximate surface area is 190 Å². The van der Waals surface area contributed by atoms with E-state index in [1.807, 2.05) is 0 Å². The highest BCUT2D eigenvalue weighted by atomic mass is 35.5. The average molecular weight is 465 g/mol. The molecule has 1 aliphatic rings. The predicted octanol–water partition coefficient (Wildman–Crippen LogP) is 4.59. The quantitative estimate of drug-likeness (QED) is 0.606. The number of carbonyl (C=O) groups is 2. The number of hydrogen-bond acceptors (Lipinski definition) is 5. The van der Waals surface area contributed by atoms with Gasteiger partial charge in [-0.1, -0.05) is 41.4 Å². The van der Waals surface area contributed by atoms with Gasteiger partial charge in [0, 0.05) is 23.7 Å². The van der Waals surface area contributed by atoms with Crippen LogP contribution in [0.3, 0.4) is 0 Å². The lowest BCUT2D eigenvalue weighted by molar-refractivity contribution is -0.139. The van der Waals surface area contributed by atoms with Crippen molar-refractivity contribution in [3.05, 3.63) is 69.3 Å². The SMILES string of the molecule is CCOC(=O)C1=C(COc2cc(Cl)ccc2Cl)N(C)C(=O)N[C@@H]1c1ccccc1OC. The van der Waals surface area contributed by atoms with Crippen LogP contribution in [0.25, 0.3) is 0 Å². The van der Waals surface area contributed by atoms with Crippen LogP contribution in [-0.2, 0) is 9.53 Å². The lowest BCUT2D eigenvalue weighted by atomic mass is 9.94. The zero-order chi connectivity index (χ0) is 22.5. The number of nitrogens with zero attached hydrogens (tertiary/aromatic N) is 1. The number of para-hydroxylation sites is 1. The van der Waals surface area contributed by atoms with E-state index >= 15 is 0 Å². The smallest absolute Gasteiger partial charge is 0.338 e. The summed E-state index contributed by atoms with van der Waals surface area (Å²) >= 11 is 12.2. The molecule has 1 atom stereocenters. The third-order valence-electron chi connectivity index (χ3n) is 4.78. The summed E-state index contributed by atoms with van der Waals surface area (Å²) in [6.45, 7) is 1.78. The number of amides is 2. The molecule has 164 valence electrons. The van der Waals surface area contributed by atoms with Crippen molar-refractivity contribution in [1.82, 2.24) is 10.2 Å². The van der Waals surface area contributed by atoms with Crippen molar-refractivity contribution in [2.75, 3.05) is 27.4 Å². The van der Waals surface area contributed by atoms with Gasteiger partial charge in [0.1, 0.15) is 18.1 Å². The molecule has 2 amide bonds. The number of methoxy groups -OCH3 is 1. The summed E-state index contributed by atoms with van der Waals surface area (Å²) in [5.41, 5.74) is 1.20. The van der Waals surface area contributed by atoms with Gasteiger partial charge >= 0.3 is 12.0 Å². The number of nitrogens with one attached hydrogen (secondary N) is 1. The summed E-state index contributed by atoms with van der Waals surface area (Å²) in [5, 5.41) is 3.64. The van der Waals surface area contributed by atoms with E-state index < -0.39 is 18.0 Å². The molecular formula is C22H22Cl2N2O5. The molecule has 1 N–H and O–H groups in total. The van der Waals surface area contributed by atoms with Gasteiger partial charge in [0.25, 0.3) is 0 Å². The van der Waals surface area contributed by atoms with E-state index in [-0.39, 0.29) is 18.8 Å². The van der Waals surface area contributed by atoms with E-state index in [4.69, 9.17) is 37.4 Å². The number of benzene rings is 2. The maximum atomic E-state index is 13.0. The Kier molecular flexibility index (Phi) is 7.30. The Balaban J connectivity index is 2.09. The fraction of sp³-hybridized carbons (Fsp3) is 0.273. The van der Waals surface area contributed by atoms with E-state index in [0.717, 1.165) is 0 Å². The van der Waals surface area contributed by atoms with Crippen LogP contribution in [0.2, 0.25) is 10.0 Å². The normalized spacial score (nSPS) is 16.1. The van der Waals surface area contributed by atoms with E-state index in [9.17, 15) is 9.59 Å². The van der Waals surface area contributed by atoms with Gasteiger partial charge in [-0.2, -0.15) is 0 Å². The second-order valence-electron chi connectivity index (χ2n) is 6.63. The number of hydrogen-bond donors (Lipinski definition) is 1. The topological polar surface area (TPSA) is 77.1 Å². The van der Waals surface area contributed by atoms with Gasteiger partial charge in [-0.3, -0.25) is 4.90 Å². The molecule has 0 aromatic heterocycles. The summed E-state index contributed by atoms with van der Waals surface area (Å²) in [7, 11) is 3.07. The minimum atomic E-state index is -0.785. The first kappa shape index (κ1) is 22.8. The zero-order valence-corrected chi connectivity index (χ0v) is 18.8. The number of urea groups is 1. The van der Waals surface area contributed by atoms with Gasteiger partial charge in [-0.15, -0.1) is 0 Å². The van der Waals surface area contributed by atoms with Gasteiger partial charge in [-0.05, 0) is 25.1 Å². The van der Waals surface area contributed by atoms with Crippen molar-refractivity contribution >= 4 is 35.2 Å². The molecule has 2 aromatic rings. The van der Waals surface area contributed by atoms with Crippen LogP contribution in [0.5, 0.6) is 11.5 Å². The molecular weight excluding hydrogens is 443 g/mol. The Hall–Kier alpha value is -2.90. The Morgan fingerprint density at radius 3 is 2.61 bits per heavy atom. The summed E-state index contributed by atoms with van der Waals surface area (Å²) in [5.74, 6) is 0.288. The first-order chi connectivity index (χ1) is 14.9. The van der Waals surface area contributed by atoms with Crippen molar-refractivity contribution < 1.29 is 23.8 Å². The molecule has 0 unspecified atom stereocenters. The minimum absolute atomic E-state index is 0.107. The van der Waals surface area contributed by atoms with Crippen LogP contribution in [0.1, 0.15) is 18.5 Å². The van der Waals surface area contributed by atoms with E-state index in [2.05, 4.69) is 5.32 Å². The summed E-state index contributed by atoms with van der Waals surface area (Å²) in [6, 6.07) is 10.8. The summed E-state index contributed by atoms with van der Waals surface area (Å²) < 4.78 is 16.6. The highest BCUT2D eigenvalue weighted by Crippen LogP contribution is 2.36. The number of esters is 1. The van der Waals surface area contributed by atoms with Crippen molar-refractivity contribution in [3.63, 3.8) is 0 Å². The van der Waals surface area contributed by atoms with Crippen molar-refractivity contribution in [3.8, 4) is 11.5 Å². The average Bonchev–Trinajstić information content (AvgIpc) is 2.76. The molecule has 0 aliphatic carbocycles. The largest absolute Gasteiger partial charge is 0.496 e. The van der Waals surface area contributed by atoms with Gasteiger partial charge in [0.05, 0.1) is 36.1 Å². The maximum absolute atomic E-state index is 13.0. The van der Waals surface area contributed by atoms with Crippen molar-refractivity contribution in [1.29, 1.82) is 0 Å². The van der Waals surface area contributed by atoms with Crippen LogP contribution in [0, 0.1) is 0 Å². The fourth-order valence-electron chi connectivity index (χ4n) is 3.25. The first-order valence-electron chi connectivity index (χ1n) is 9.52. The van der Waals surface area contributed by atoms with E-state index in [0.29, 0.717) is 32.8 Å². The van der Waals surface area contributed by atoms with Crippen LogP contribution in [-0.4, -0.2) is 44.3 Å². The number of ether oxygens (including phenoxy) is 3. The number of carbonyl (C=O) groups excluding carboxylic acids is 2. The number of likely N-dealkylation sites (N-methyl/N-ethyl adjacent to an activating group) is 1. The second kappa shape index (κ2) is 9.94. The summed E-state index contributed by atoms with van der Waals surface area (Å²) in [4.78, 5) is 27.0. The molecule has 0 radical (unpaired) electrons. The molecule has 0 saturated carbocycles. The molecule has 1 aliphatic heterocycles. The molecule has 0 saturated heterocycles. The molecule has 9 heteroatoms. The zero-order valence-electron chi connectivity index (χ0n) is 17.3. The monoisotopic (exact) mass is 464 g/mol. The maximum Gasteiger partial charge on any atom is 0.338 e. The Bertz CT molecular complexity index is 1020. The molecule has 3 rings (SSSR count). The Morgan fingerprint density at radius 1 is 1.16 bits per heavy atom. The molecule has 7 nitrogen and oxygen atoms in total. The fourth-order valence-corrected chi connectivity index (χ4v) is 3.59. The molecule has 0 spiro atoms. The molecule has 1 heterocycles. The number of halogens is 2. The van der Waals surface area contributed by atoms with E-state index in [1.165, 1.54) is 12.0 Å². The van der Waals surface area contributed by atoms with Crippen LogP contribution in [0.15, 0.2) is 53.7 Å². The van der Waals surface area contributed by atoms with Gasteiger partial charge < -0.3 is 19.5 Å². The molecule has 0 fully saturated rings. The van der Waals surface area contributed by atoms with Crippen molar-refractivity contribution in [2.45, 2.75) is 13.0 Å². The van der Waals surface area contributed by atoms with Crippen molar-refractivity contribution in [2.24, 2.45) is 0 Å². The second-order valence-corrected chi connectivity index (χ2v) is 7.47. The van der Waals surface area contributed by atoms with Crippen LogP contribution in [0.4, 0.5) is 4.79 Å². The van der Waals surface area contributed by atoms with Gasteiger partial charge in [0.2, 0.25) is 0 Å². The van der Waals surface area contributed by atoms with Crippen LogP contribution >= 0.6 is 23.2 Å². The minimum Gasteiger partial charge on any atom is -0.496 e. The molecule has 31 heavy (non-hydrogen) atoms. The Morgan fingerprint density at radius 2 is 1.90 bits per heavy atom. The highest BCUT2D eigenvalue weighted by molar-refractivity contribution is 6.34. The molecule has 2 aromatic carbocycles. The van der Waals surface area contributed by atoms with Gasteiger partial charge in [0.15, 0.2) is 0 Å². The highest BCUT2D eigenvalue weighted by Gasteiger charge is 2.38. The lowest BCUT2D eigenvalue weighted by Gasteiger charge is -2.34. The predicted molar refractivity (Wildman–Crippen MR) is 118 cm³/mol. The number of rotatable bonds is 7. The lowest BCUT2D eigenvalue weighted by Crippen LogP contribution is -2.48. The third-order valence-corrected chi connectivity index (χ3v) is 5.33. The van der Waals surface area contributed by atoms with Crippen LogP contribution < -0.4 is 14.8 Å². The molecule has 0 bridgehead atoms. The summed E-state index contributed by atoms with van der Waals surface area (Å²) in [6.07, 6.45) is 0. The first-order valence-corrected chi connectivity index (χ1v) is 10.3. The standard InChI is InChI=1S/C22H22Cl2N2O5/c1-4-30-21(27)19-16(12-31-18-11-13(23)9-10-15(18)24)26(2)22(28)25-20(19)14-7-5-6-8-17(14)29-3/h5-11,20H,4,12H2,1-3H3,(H,25,28)/t20-/m1/s1. The van der Waals surface area contributed by atoms with Gasteiger partial charge in [-0.25, -0.2) is 9.59 Å². The third kappa shape index (κ3) is 4.89.